The fraction of sp³-hybridized carbons (Fsp3) is 0.462. The molecule has 2 aliphatic rings. The molecule has 0 aliphatic carbocycles. The van der Waals surface area contributed by atoms with Gasteiger partial charge in [-0.3, -0.25) is 9.59 Å². The van der Waals surface area contributed by atoms with Crippen molar-refractivity contribution in [2.24, 2.45) is 5.92 Å². The molecule has 9 heteroatoms. The zero-order valence-corrected chi connectivity index (χ0v) is 20.9. The van der Waals surface area contributed by atoms with E-state index in [1.54, 1.807) is 48.5 Å². The van der Waals surface area contributed by atoms with Crippen molar-refractivity contribution in [3.8, 4) is 5.75 Å². The second kappa shape index (κ2) is 11.2. The van der Waals surface area contributed by atoms with Crippen LogP contribution in [-0.2, 0) is 14.8 Å². The Hall–Kier alpha value is -2.91. The highest BCUT2D eigenvalue weighted by Crippen LogP contribution is 2.28. The van der Waals surface area contributed by atoms with Gasteiger partial charge in [0, 0.05) is 31.7 Å². The van der Waals surface area contributed by atoms with Crippen LogP contribution >= 0.6 is 0 Å². The van der Waals surface area contributed by atoms with E-state index in [1.807, 2.05) is 11.0 Å². The molecule has 0 aromatic heterocycles. The Balaban J connectivity index is 1.48. The average Bonchev–Trinajstić information content (AvgIpc) is 2.92. The Labute approximate surface area is 207 Å². The fourth-order valence-corrected chi connectivity index (χ4v) is 6.32. The van der Waals surface area contributed by atoms with Crippen LogP contribution in [0.2, 0.25) is 0 Å². The van der Waals surface area contributed by atoms with E-state index >= 15 is 0 Å². The topological polar surface area (TPSA) is 96.0 Å². The number of likely N-dealkylation sites (tertiary alicyclic amines) is 1. The monoisotopic (exact) mass is 499 g/mol. The molecule has 4 rings (SSSR count). The van der Waals surface area contributed by atoms with Crippen LogP contribution in [0.5, 0.6) is 5.75 Å². The number of rotatable bonds is 7. The molecule has 2 heterocycles. The summed E-state index contributed by atoms with van der Waals surface area (Å²) in [5, 5.41) is 2.99. The van der Waals surface area contributed by atoms with E-state index in [4.69, 9.17) is 4.74 Å². The Morgan fingerprint density at radius 2 is 1.54 bits per heavy atom. The minimum Gasteiger partial charge on any atom is -0.497 e. The molecule has 2 fully saturated rings. The molecule has 0 radical (unpaired) electrons. The van der Waals surface area contributed by atoms with Gasteiger partial charge in [-0.1, -0.05) is 18.2 Å². The maximum atomic E-state index is 13.5. The minimum atomic E-state index is -3.65. The van der Waals surface area contributed by atoms with Gasteiger partial charge in [-0.2, -0.15) is 4.31 Å². The summed E-state index contributed by atoms with van der Waals surface area (Å²) >= 11 is 0. The van der Waals surface area contributed by atoms with Gasteiger partial charge in [0.1, 0.15) is 11.8 Å². The maximum absolute atomic E-state index is 13.5. The van der Waals surface area contributed by atoms with E-state index in [0.29, 0.717) is 50.3 Å². The number of carbonyl (C=O) groups is 2. The summed E-state index contributed by atoms with van der Waals surface area (Å²) < 4.78 is 32.9. The molecule has 1 atom stereocenters. The number of carbonyl (C=O) groups excluding carboxylic acids is 2. The number of ether oxygens (including phenoxy) is 1. The van der Waals surface area contributed by atoms with Gasteiger partial charge >= 0.3 is 0 Å². The van der Waals surface area contributed by atoms with Crippen LogP contribution in [0.15, 0.2) is 59.5 Å². The molecule has 0 unspecified atom stereocenters. The summed E-state index contributed by atoms with van der Waals surface area (Å²) in [4.78, 5) is 28.5. The van der Waals surface area contributed by atoms with Crippen molar-refractivity contribution in [3.63, 3.8) is 0 Å². The second-order valence-corrected chi connectivity index (χ2v) is 11.1. The van der Waals surface area contributed by atoms with Crippen LogP contribution in [0.25, 0.3) is 0 Å². The van der Waals surface area contributed by atoms with Crippen molar-refractivity contribution in [1.29, 1.82) is 0 Å². The third kappa shape index (κ3) is 5.85. The zero-order valence-electron chi connectivity index (χ0n) is 20.1. The summed E-state index contributed by atoms with van der Waals surface area (Å²) in [5.41, 5.74) is 0.503. The lowest BCUT2D eigenvalue weighted by Crippen LogP contribution is -2.55. The number of sulfonamides is 1. The molecule has 8 nitrogen and oxygen atoms in total. The minimum absolute atomic E-state index is 0.0644. The van der Waals surface area contributed by atoms with Gasteiger partial charge in [0.05, 0.1) is 12.0 Å². The Bertz CT molecular complexity index is 1110. The van der Waals surface area contributed by atoms with Crippen molar-refractivity contribution >= 4 is 21.8 Å². The van der Waals surface area contributed by atoms with Crippen molar-refractivity contribution in [3.05, 3.63) is 60.2 Å². The van der Waals surface area contributed by atoms with Gasteiger partial charge in [0.15, 0.2) is 0 Å². The number of hydrogen-bond acceptors (Lipinski definition) is 5. The predicted octanol–water partition coefficient (Wildman–Crippen LogP) is 2.91. The molecule has 2 aromatic rings. The van der Waals surface area contributed by atoms with Crippen LogP contribution < -0.4 is 10.1 Å². The smallest absolute Gasteiger partial charge is 0.251 e. The highest BCUT2D eigenvalue weighted by atomic mass is 32.2. The Kier molecular flexibility index (Phi) is 8.07. The number of nitrogens with zero attached hydrogens (tertiary/aromatic N) is 2. The number of methoxy groups -OCH3 is 1. The Morgan fingerprint density at radius 1 is 0.914 bits per heavy atom. The van der Waals surface area contributed by atoms with Crippen LogP contribution in [0.1, 0.15) is 42.5 Å². The SMILES string of the molecule is COc1ccc(S(=O)(=O)N2CCC([C@@H](NC(=O)c3ccccc3)C(=O)N3CCCCC3)CC2)cc1. The molecule has 188 valence electrons. The van der Waals surface area contributed by atoms with Gasteiger partial charge in [-0.25, -0.2) is 8.42 Å². The molecule has 1 N–H and O–H groups in total. The third-order valence-corrected chi connectivity index (χ3v) is 8.84. The average molecular weight is 500 g/mol. The largest absolute Gasteiger partial charge is 0.497 e. The molecular weight excluding hydrogens is 466 g/mol. The first kappa shape index (κ1) is 25.2. The number of benzene rings is 2. The summed E-state index contributed by atoms with van der Waals surface area (Å²) in [7, 11) is -2.11. The lowest BCUT2D eigenvalue weighted by Gasteiger charge is -2.38. The highest BCUT2D eigenvalue weighted by molar-refractivity contribution is 7.89. The van der Waals surface area contributed by atoms with E-state index in [1.165, 1.54) is 11.4 Å². The van der Waals surface area contributed by atoms with Gasteiger partial charge < -0.3 is 15.0 Å². The molecule has 2 saturated heterocycles. The quantitative estimate of drug-likeness (QED) is 0.632. The first-order chi connectivity index (χ1) is 16.9. The lowest BCUT2D eigenvalue weighted by molar-refractivity contribution is -0.135. The van der Waals surface area contributed by atoms with Crippen molar-refractivity contribution in [2.75, 3.05) is 33.3 Å². The van der Waals surface area contributed by atoms with Crippen molar-refractivity contribution in [2.45, 2.75) is 43.0 Å². The molecule has 0 spiro atoms. The summed E-state index contributed by atoms with van der Waals surface area (Å²) in [5.74, 6) is 0.106. The van der Waals surface area contributed by atoms with Gasteiger partial charge in [0.2, 0.25) is 15.9 Å². The number of piperidine rings is 2. The Morgan fingerprint density at radius 3 is 2.14 bits per heavy atom. The van der Waals surface area contributed by atoms with Crippen LogP contribution in [0.3, 0.4) is 0 Å². The third-order valence-electron chi connectivity index (χ3n) is 6.92. The highest BCUT2D eigenvalue weighted by Gasteiger charge is 2.38. The number of hydrogen-bond donors (Lipinski definition) is 1. The van der Waals surface area contributed by atoms with Crippen LogP contribution in [-0.4, -0.2) is 68.8 Å². The first-order valence-corrected chi connectivity index (χ1v) is 13.6. The van der Waals surface area contributed by atoms with E-state index in [-0.39, 0.29) is 22.6 Å². The zero-order chi connectivity index (χ0) is 24.8. The van der Waals surface area contributed by atoms with E-state index < -0.39 is 16.1 Å². The summed E-state index contributed by atoms with van der Waals surface area (Å²) in [6.07, 6.45) is 4.02. The molecule has 2 amide bonds. The molecule has 2 aromatic carbocycles. The van der Waals surface area contributed by atoms with E-state index in [0.717, 1.165) is 19.3 Å². The molecule has 35 heavy (non-hydrogen) atoms. The summed E-state index contributed by atoms with van der Waals surface area (Å²) in [6.45, 7) is 1.98. The predicted molar refractivity (Wildman–Crippen MR) is 133 cm³/mol. The standard InChI is InChI=1S/C26H33N3O5S/c1-34-22-10-12-23(13-11-22)35(32,33)29-18-14-20(15-19-29)24(26(31)28-16-6-3-7-17-28)27-25(30)21-8-4-2-5-9-21/h2,4-5,8-13,20,24H,3,6-7,14-19H2,1H3,(H,27,30)/t24-/m1/s1. The first-order valence-electron chi connectivity index (χ1n) is 12.2. The lowest BCUT2D eigenvalue weighted by atomic mass is 9.88. The van der Waals surface area contributed by atoms with Crippen LogP contribution in [0, 0.1) is 5.92 Å². The fourth-order valence-electron chi connectivity index (χ4n) is 4.85. The maximum Gasteiger partial charge on any atom is 0.251 e. The van der Waals surface area contributed by atoms with Gasteiger partial charge in [-0.05, 0) is 74.4 Å². The van der Waals surface area contributed by atoms with E-state index in [9.17, 15) is 18.0 Å². The molecule has 0 saturated carbocycles. The molecular formula is C26H33N3O5S. The second-order valence-electron chi connectivity index (χ2n) is 9.12. The van der Waals surface area contributed by atoms with Gasteiger partial charge in [-0.15, -0.1) is 0 Å². The number of nitrogens with one attached hydrogen (secondary N) is 1. The normalized spacial score (nSPS) is 18.6. The molecule has 0 bridgehead atoms. The summed E-state index contributed by atoms with van der Waals surface area (Å²) in [6, 6.07) is 14.5. The number of amides is 2. The molecule has 2 aliphatic heterocycles. The van der Waals surface area contributed by atoms with Gasteiger partial charge in [0.25, 0.3) is 5.91 Å². The van der Waals surface area contributed by atoms with Crippen molar-refractivity contribution in [1.82, 2.24) is 14.5 Å². The van der Waals surface area contributed by atoms with E-state index in [2.05, 4.69) is 5.32 Å². The van der Waals surface area contributed by atoms with Crippen molar-refractivity contribution < 1.29 is 22.7 Å². The van der Waals surface area contributed by atoms with Crippen LogP contribution in [0.4, 0.5) is 0 Å².